The maximum Gasteiger partial charge on any atom is 0.318 e. The second-order valence-corrected chi connectivity index (χ2v) is 10.3. The van der Waals surface area contributed by atoms with Gasteiger partial charge in [-0.2, -0.15) is 0 Å². The van der Waals surface area contributed by atoms with Gasteiger partial charge in [-0.1, -0.05) is 42.5 Å². The van der Waals surface area contributed by atoms with Crippen molar-refractivity contribution in [3.05, 3.63) is 106 Å². The molecule has 0 bridgehead atoms. The molecule has 0 saturated carbocycles. The van der Waals surface area contributed by atoms with Gasteiger partial charge in [-0.05, 0) is 66.6 Å². The Balaban J connectivity index is 1.41. The van der Waals surface area contributed by atoms with Crippen molar-refractivity contribution in [2.45, 2.75) is 44.8 Å². The summed E-state index contributed by atoms with van der Waals surface area (Å²) < 4.78 is 7.68. The van der Waals surface area contributed by atoms with Crippen molar-refractivity contribution < 1.29 is 9.53 Å². The molecule has 2 amide bonds. The first kappa shape index (κ1) is 22.0. The molecule has 1 aliphatic carbocycles. The Hall–Kier alpha value is -3.51. The molecule has 0 unspecified atom stereocenters. The number of benzene rings is 2. The number of carbonyl (C=O) groups excluding carboxylic acids is 1. The van der Waals surface area contributed by atoms with Crippen LogP contribution in [0.2, 0.25) is 0 Å². The number of aromatic nitrogens is 1. The van der Waals surface area contributed by atoms with Crippen LogP contribution in [0.3, 0.4) is 0 Å². The molecule has 1 atom stereocenters. The second-order valence-electron chi connectivity index (χ2n) is 9.25. The van der Waals surface area contributed by atoms with Gasteiger partial charge in [-0.25, -0.2) is 4.79 Å². The highest BCUT2D eigenvalue weighted by atomic mass is 32.1. The fourth-order valence-electron chi connectivity index (χ4n) is 5.43. The van der Waals surface area contributed by atoms with Gasteiger partial charge in [0.05, 0.1) is 25.4 Å². The van der Waals surface area contributed by atoms with E-state index < -0.39 is 0 Å². The van der Waals surface area contributed by atoms with E-state index in [0.717, 1.165) is 35.4 Å². The Morgan fingerprint density at radius 2 is 1.89 bits per heavy atom. The first-order valence-corrected chi connectivity index (χ1v) is 13.1. The summed E-state index contributed by atoms with van der Waals surface area (Å²) in [6, 6.07) is 22.3. The van der Waals surface area contributed by atoms with Crippen LogP contribution in [0, 0.1) is 0 Å². The van der Waals surface area contributed by atoms with Gasteiger partial charge in [0, 0.05) is 23.2 Å². The molecule has 4 aromatic rings. The minimum absolute atomic E-state index is 0.0574. The van der Waals surface area contributed by atoms with Crippen LogP contribution in [-0.4, -0.2) is 22.6 Å². The lowest BCUT2D eigenvalue weighted by atomic mass is 9.95. The normalized spacial score (nSPS) is 16.6. The number of fused-ring (bicyclic) bond motifs is 5. The molecule has 0 saturated heterocycles. The van der Waals surface area contributed by atoms with E-state index in [0.29, 0.717) is 13.1 Å². The number of ether oxygens (including phenoxy) is 1. The van der Waals surface area contributed by atoms with Crippen molar-refractivity contribution in [1.82, 2.24) is 14.8 Å². The maximum atomic E-state index is 13.9. The summed E-state index contributed by atoms with van der Waals surface area (Å²) in [5.41, 5.74) is 6.05. The van der Waals surface area contributed by atoms with E-state index in [1.807, 2.05) is 46.6 Å². The third kappa shape index (κ3) is 4.02. The zero-order chi connectivity index (χ0) is 23.8. The van der Waals surface area contributed by atoms with E-state index in [4.69, 9.17) is 4.74 Å². The molecule has 5 nitrogen and oxygen atoms in total. The summed E-state index contributed by atoms with van der Waals surface area (Å²) in [6.45, 7) is 1.05. The number of thiophene rings is 1. The number of amides is 2. The highest BCUT2D eigenvalue weighted by molar-refractivity contribution is 7.15. The maximum absolute atomic E-state index is 13.9. The molecule has 35 heavy (non-hydrogen) atoms. The number of urea groups is 1. The SMILES string of the molecule is COc1cccc(CNC(=O)N2Cc3c(sc4c3CCCC4)-n3cccc3[C@@H]2c2ccccc2)c1. The van der Waals surface area contributed by atoms with Crippen LogP contribution in [0.15, 0.2) is 72.9 Å². The molecule has 1 N–H and O–H groups in total. The minimum atomic E-state index is -0.171. The molecule has 1 aliphatic heterocycles. The molecule has 6 rings (SSSR count). The molecule has 3 heterocycles. The van der Waals surface area contributed by atoms with Gasteiger partial charge in [0.25, 0.3) is 0 Å². The van der Waals surface area contributed by atoms with Crippen molar-refractivity contribution in [3.8, 4) is 10.8 Å². The van der Waals surface area contributed by atoms with Crippen molar-refractivity contribution in [3.63, 3.8) is 0 Å². The molecule has 178 valence electrons. The number of nitrogens with one attached hydrogen (secondary N) is 1. The molecule has 0 radical (unpaired) electrons. The van der Waals surface area contributed by atoms with Crippen molar-refractivity contribution in [2.24, 2.45) is 0 Å². The molecule has 2 aliphatic rings. The van der Waals surface area contributed by atoms with Crippen molar-refractivity contribution in [2.75, 3.05) is 7.11 Å². The van der Waals surface area contributed by atoms with E-state index in [1.54, 1.807) is 7.11 Å². The third-order valence-corrected chi connectivity index (χ3v) is 8.47. The summed E-state index contributed by atoms with van der Waals surface area (Å²) >= 11 is 1.91. The van der Waals surface area contributed by atoms with Crippen molar-refractivity contribution >= 4 is 17.4 Å². The van der Waals surface area contributed by atoms with Gasteiger partial charge < -0.3 is 19.5 Å². The molecule has 2 aromatic heterocycles. The molecular formula is C29H29N3O2S. The summed E-state index contributed by atoms with van der Waals surface area (Å²) in [7, 11) is 1.66. The van der Waals surface area contributed by atoms with Gasteiger partial charge in [0.2, 0.25) is 0 Å². The predicted octanol–water partition coefficient (Wildman–Crippen LogP) is 6.24. The number of aryl methyl sites for hydroxylation is 1. The van der Waals surface area contributed by atoms with Gasteiger partial charge in [-0.15, -0.1) is 11.3 Å². The van der Waals surface area contributed by atoms with E-state index in [2.05, 4.69) is 52.5 Å². The van der Waals surface area contributed by atoms with E-state index in [9.17, 15) is 4.79 Å². The monoisotopic (exact) mass is 483 g/mol. The Kier molecular flexibility index (Phi) is 5.82. The average molecular weight is 484 g/mol. The van der Waals surface area contributed by atoms with Crippen molar-refractivity contribution in [1.29, 1.82) is 0 Å². The minimum Gasteiger partial charge on any atom is -0.497 e. The summed E-state index contributed by atoms with van der Waals surface area (Å²) in [5.74, 6) is 0.793. The third-order valence-electron chi connectivity index (χ3n) is 7.13. The van der Waals surface area contributed by atoms with Crippen LogP contribution in [0.5, 0.6) is 5.75 Å². The Bertz CT molecular complexity index is 1360. The highest BCUT2D eigenvalue weighted by Gasteiger charge is 2.35. The van der Waals surface area contributed by atoms with Gasteiger partial charge in [0.1, 0.15) is 10.8 Å². The lowest BCUT2D eigenvalue weighted by Gasteiger charge is -2.31. The van der Waals surface area contributed by atoms with Crippen LogP contribution in [-0.2, 0) is 25.9 Å². The zero-order valence-electron chi connectivity index (χ0n) is 19.9. The standard InChI is InChI=1S/C29H29N3O2S/c1-34-22-12-7-9-20(17-22)18-30-29(33)32-19-24-23-13-5-6-15-26(23)35-28(24)31-16-8-14-25(31)27(32)21-10-3-2-4-11-21/h2-4,7-12,14,16-17,27H,5-6,13,15,18-19H2,1H3,(H,30,33)/t27-/m0/s1. The Morgan fingerprint density at radius 1 is 1.03 bits per heavy atom. The van der Waals surface area contributed by atoms with Crippen LogP contribution in [0.4, 0.5) is 4.79 Å². The largest absolute Gasteiger partial charge is 0.497 e. The molecule has 6 heteroatoms. The summed E-state index contributed by atoms with van der Waals surface area (Å²) in [6.07, 6.45) is 6.88. The van der Waals surface area contributed by atoms with Gasteiger partial charge >= 0.3 is 6.03 Å². The van der Waals surface area contributed by atoms with Crippen LogP contribution >= 0.6 is 11.3 Å². The summed E-state index contributed by atoms with van der Waals surface area (Å²) in [4.78, 5) is 17.4. The van der Waals surface area contributed by atoms with E-state index in [1.165, 1.54) is 33.8 Å². The molecule has 2 aromatic carbocycles. The predicted molar refractivity (Wildman–Crippen MR) is 139 cm³/mol. The van der Waals surface area contributed by atoms with Gasteiger partial charge in [-0.3, -0.25) is 0 Å². The Morgan fingerprint density at radius 3 is 2.74 bits per heavy atom. The first-order chi connectivity index (χ1) is 17.2. The average Bonchev–Trinajstić information content (AvgIpc) is 3.50. The molecule has 0 fully saturated rings. The van der Waals surface area contributed by atoms with E-state index >= 15 is 0 Å². The number of nitrogens with zero attached hydrogens (tertiary/aromatic N) is 2. The van der Waals surface area contributed by atoms with Crippen LogP contribution in [0.25, 0.3) is 5.00 Å². The quantitative estimate of drug-likeness (QED) is 0.373. The number of methoxy groups -OCH3 is 1. The smallest absolute Gasteiger partial charge is 0.318 e. The highest BCUT2D eigenvalue weighted by Crippen LogP contribution is 2.43. The Labute approximate surface area is 210 Å². The lowest BCUT2D eigenvalue weighted by Crippen LogP contribution is -2.41. The number of rotatable bonds is 4. The number of hydrogen-bond acceptors (Lipinski definition) is 3. The topological polar surface area (TPSA) is 46.5 Å². The lowest BCUT2D eigenvalue weighted by molar-refractivity contribution is 0.180. The number of hydrogen-bond donors (Lipinski definition) is 1. The van der Waals surface area contributed by atoms with Crippen LogP contribution < -0.4 is 10.1 Å². The number of carbonyl (C=O) groups is 1. The summed E-state index contributed by atoms with van der Waals surface area (Å²) in [5, 5.41) is 4.48. The van der Waals surface area contributed by atoms with Gasteiger partial charge in [0.15, 0.2) is 0 Å². The first-order valence-electron chi connectivity index (χ1n) is 12.3. The molecule has 0 spiro atoms. The van der Waals surface area contributed by atoms with E-state index in [-0.39, 0.29) is 12.1 Å². The second kappa shape index (κ2) is 9.27. The fourth-order valence-corrected chi connectivity index (χ4v) is 6.84. The van der Waals surface area contributed by atoms with Crippen LogP contribution in [0.1, 0.15) is 51.7 Å². The molecular weight excluding hydrogens is 454 g/mol. The fraction of sp³-hybridized carbons (Fsp3) is 0.276. The zero-order valence-corrected chi connectivity index (χ0v) is 20.7.